The zero-order valence-corrected chi connectivity index (χ0v) is 13.6. The first-order valence-corrected chi connectivity index (χ1v) is 8.11. The highest BCUT2D eigenvalue weighted by atomic mass is 19.1. The van der Waals surface area contributed by atoms with Crippen molar-refractivity contribution in [3.8, 4) is 11.3 Å². The molecule has 2 heterocycles. The fourth-order valence-corrected chi connectivity index (χ4v) is 2.46. The number of ketones is 1. The van der Waals surface area contributed by atoms with E-state index in [-0.39, 0.29) is 11.6 Å². The van der Waals surface area contributed by atoms with Crippen LogP contribution in [0.25, 0.3) is 11.3 Å². The number of Topliss-reactive ketones (excluding diaryl/α,β-unsaturated/α-hetero) is 1. The number of aryl methyl sites for hydroxylation is 1. The Hall–Kier alpha value is -3.02. The van der Waals surface area contributed by atoms with Gasteiger partial charge in [-0.1, -0.05) is 29.4 Å². The van der Waals surface area contributed by atoms with Crippen molar-refractivity contribution in [2.24, 2.45) is 0 Å². The lowest BCUT2D eigenvalue weighted by atomic mass is 10.1. The zero-order valence-electron chi connectivity index (χ0n) is 13.6. The number of nitrogens with zero attached hydrogens (tertiary/aromatic N) is 2. The van der Waals surface area contributed by atoms with E-state index in [1.807, 2.05) is 12.2 Å². The van der Waals surface area contributed by atoms with Gasteiger partial charge < -0.3 is 9.51 Å². The molecular weight excluding hydrogens is 321 g/mol. The van der Waals surface area contributed by atoms with Crippen LogP contribution >= 0.6 is 0 Å². The summed E-state index contributed by atoms with van der Waals surface area (Å²) in [5.74, 6) is 0.509. The monoisotopic (exact) mass is 339 g/mol. The molecule has 0 radical (unpaired) electrons. The molecule has 128 valence electrons. The van der Waals surface area contributed by atoms with Crippen LogP contribution in [0.5, 0.6) is 0 Å². The summed E-state index contributed by atoms with van der Waals surface area (Å²) in [4.78, 5) is 19.1. The van der Waals surface area contributed by atoms with E-state index in [1.54, 1.807) is 30.5 Å². The Bertz CT molecular complexity index is 853. The topological polar surface area (TPSA) is 71.8 Å². The van der Waals surface area contributed by atoms with Gasteiger partial charge in [0.25, 0.3) is 0 Å². The Balaban J connectivity index is 1.44. The molecule has 0 fully saturated rings. The number of nitrogens with one attached hydrogen (secondary N) is 1. The molecule has 1 aromatic carbocycles. The van der Waals surface area contributed by atoms with Crippen molar-refractivity contribution >= 4 is 5.78 Å². The van der Waals surface area contributed by atoms with Gasteiger partial charge in [-0.25, -0.2) is 9.37 Å². The number of aromatic amines is 1. The molecule has 0 bridgehead atoms. The summed E-state index contributed by atoms with van der Waals surface area (Å²) in [6.45, 7) is 0. The van der Waals surface area contributed by atoms with Gasteiger partial charge in [-0.2, -0.15) is 0 Å². The molecule has 3 rings (SSSR count). The Labute approximate surface area is 144 Å². The van der Waals surface area contributed by atoms with Crippen LogP contribution in [0.4, 0.5) is 4.39 Å². The third kappa shape index (κ3) is 4.50. The first-order chi connectivity index (χ1) is 12.2. The van der Waals surface area contributed by atoms with Crippen LogP contribution in [0.1, 0.15) is 35.6 Å². The molecule has 0 unspecified atom stereocenters. The lowest BCUT2D eigenvalue weighted by Crippen LogP contribution is -1.97. The second-order valence-corrected chi connectivity index (χ2v) is 5.58. The van der Waals surface area contributed by atoms with Crippen LogP contribution in [0, 0.1) is 5.82 Å². The molecule has 2 aromatic heterocycles. The summed E-state index contributed by atoms with van der Waals surface area (Å²) in [5.41, 5.74) is 1.56. The maximum atomic E-state index is 13.7. The highest BCUT2D eigenvalue weighted by Gasteiger charge is 2.08. The summed E-state index contributed by atoms with van der Waals surface area (Å²) in [6.07, 6.45) is 9.60. The Kier molecular flexibility index (Phi) is 5.51. The normalized spacial score (nSPS) is 11.2. The molecule has 0 saturated heterocycles. The van der Waals surface area contributed by atoms with E-state index in [9.17, 15) is 9.18 Å². The lowest BCUT2D eigenvalue weighted by molar-refractivity contribution is 0.0975. The van der Waals surface area contributed by atoms with E-state index in [2.05, 4.69) is 19.6 Å². The minimum atomic E-state index is -0.269. The molecule has 6 heteroatoms. The molecule has 0 atom stereocenters. The summed E-state index contributed by atoms with van der Waals surface area (Å²) in [5, 5.41) is 3.62. The van der Waals surface area contributed by atoms with Gasteiger partial charge in [0.05, 0.1) is 11.9 Å². The van der Waals surface area contributed by atoms with Crippen LogP contribution in [-0.2, 0) is 6.42 Å². The standard InChI is InChI=1S/C19H18FN3O2/c20-15-8-6-5-7-14(15)17-13-21-19(22-17)10-4-2-1-3-9-18(24)16-11-12-25-23-16/h1-2,5-8,11-13H,3-4,9-10H2,(H,21,22)/b2-1+. The van der Waals surface area contributed by atoms with Gasteiger partial charge >= 0.3 is 0 Å². The van der Waals surface area contributed by atoms with Gasteiger partial charge in [-0.3, -0.25) is 4.79 Å². The largest absolute Gasteiger partial charge is 0.364 e. The number of H-pyrrole nitrogens is 1. The van der Waals surface area contributed by atoms with E-state index >= 15 is 0 Å². The Morgan fingerprint density at radius 1 is 1.20 bits per heavy atom. The average molecular weight is 339 g/mol. The summed E-state index contributed by atoms with van der Waals surface area (Å²) >= 11 is 0. The number of imidazole rings is 1. The molecule has 0 aliphatic rings. The summed E-state index contributed by atoms with van der Waals surface area (Å²) in [6, 6.07) is 8.17. The van der Waals surface area contributed by atoms with Crippen molar-refractivity contribution in [3.63, 3.8) is 0 Å². The quantitative estimate of drug-likeness (QED) is 0.489. The number of rotatable bonds is 8. The summed E-state index contributed by atoms with van der Waals surface area (Å²) in [7, 11) is 0. The van der Waals surface area contributed by atoms with Crippen LogP contribution in [0.2, 0.25) is 0 Å². The predicted molar refractivity (Wildman–Crippen MR) is 91.5 cm³/mol. The molecule has 25 heavy (non-hydrogen) atoms. The highest BCUT2D eigenvalue weighted by molar-refractivity contribution is 5.93. The molecule has 5 nitrogen and oxygen atoms in total. The molecule has 0 spiro atoms. The average Bonchev–Trinajstić information content (AvgIpc) is 3.30. The number of allylic oxidation sites excluding steroid dienone is 2. The molecular formula is C19H18FN3O2. The number of benzene rings is 1. The van der Waals surface area contributed by atoms with E-state index in [1.165, 1.54) is 12.3 Å². The molecule has 1 N–H and O–H groups in total. The SMILES string of the molecule is O=C(CC/C=C/CCc1ncc(-c2ccccc2F)[nH]1)c1ccon1. The third-order valence-electron chi connectivity index (χ3n) is 3.77. The molecule has 0 amide bonds. The first-order valence-electron chi connectivity index (χ1n) is 8.11. The number of carbonyl (C=O) groups excluding carboxylic acids is 1. The van der Waals surface area contributed by atoms with Crippen molar-refractivity contribution in [1.29, 1.82) is 0 Å². The predicted octanol–water partition coefficient (Wildman–Crippen LogP) is 4.36. The first kappa shape index (κ1) is 16.8. The maximum Gasteiger partial charge on any atom is 0.185 e. The second kappa shape index (κ2) is 8.19. The number of hydrogen-bond acceptors (Lipinski definition) is 4. The number of aromatic nitrogens is 3. The van der Waals surface area contributed by atoms with Crippen molar-refractivity contribution in [3.05, 3.63) is 72.3 Å². The third-order valence-corrected chi connectivity index (χ3v) is 3.77. The van der Waals surface area contributed by atoms with Crippen molar-refractivity contribution in [2.45, 2.75) is 25.7 Å². The fourth-order valence-electron chi connectivity index (χ4n) is 2.46. The van der Waals surface area contributed by atoms with E-state index in [4.69, 9.17) is 0 Å². The van der Waals surface area contributed by atoms with Gasteiger partial charge in [-0.15, -0.1) is 0 Å². The smallest absolute Gasteiger partial charge is 0.185 e. The van der Waals surface area contributed by atoms with Crippen molar-refractivity contribution in [1.82, 2.24) is 15.1 Å². The molecule has 3 aromatic rings. The van der Waals surface area contributed by atoms with Gasteiger partial charge in [0.15, 0.2) is 5.78 Å². The van der Waals surface area contributed by atoms with Gasteiger partial charge in [-0.05, 0) is 25.0 Å². The molecule has 0 aliphatic carbocycles. The minimum absolute atomic E-state index is 0.0287. The fraction of sp³-hybridized carbons (Fsp3) is 0.211. The Morgan fingerprint density at radius 3 is 2.84 bits per heavy atom. The molecule has 0 saturated carbocycles. The Morgan fingerprint density at radius 2 is 2.04 bits per heavy atom. The van der Waals surface area contributed by atoms with Gasteiger partial charge in [0.1, 0.15) is 23.6 Å². The van der Waals surface area contributed by atoms with E-state index < -0.39 is 0 Å². The van der Waals surface area contributed by atoms with Crippen LogP contribution in [0.15, 0.2) is 59.5 Å². The number of carbonyl (C=O) groups is 1. The van der Waals surface area contributed by atoms with Crippen LogP contribution in [-0.4, -0.2) is 20.9 Å². The minimum Gasteiger partial charge on any atom is -0.364 e. The van der Waals surface area contributed by atoms with Crippen molar-refractivity contribution < 1.29 is 13.7 Å². The maximum absolute atomic E-state index is 13.7. The van der Waals surface area contributed by atoms with Crippen molar-refractivity contribution in [2.75, 3.05) is 0 Å². The highest BCUT2D eigenvalue weighted by Crippen LogP contribution is 2.20. The lowest BCUT2D eigenvalue weighted by Gasteiger charge is -1.98. The van der Waals surface area contributed by atoms with Crippen LogP contribution in [0.3, 0.4) is 0 Å². The van der Waals surface area contributed by atoms with Gasteiger partial charge in [0.2, 0.25) is 0 Å². The number of hydrogen-bond donors (Lipinski definition) is 1. The second-order valence-electron chi connectivity index (χ2n) is 5.58. The summed E-state index contributed by atoms with van der Waals surface area (Å²) < 4.78 is 18.4. The van der Waals surface area contributed by atoms with E-state index in [0.29, 0.717) is 29.8 Å². The molecule has 0 aliphatic heterocycles. The van der Waals surface area contributed by atoms with E-state index in [0.717, 1.165) is 18.7 Å². The van der Waals surface area contributed by atoms with Crippen LogP contribution < -0.4 is 0 Å². The van der Waals surface area contributed by atoms with Gasteiger partial charge in [0, 0.05) is 24.5 Å². The zero-order chi connectivity index (χ0) is 17.5. The number of halogens is 1.